The summed E-state index contributed by atoms with van der Waals surface area (Å²) in [5, 5.41) is 32.2. The van der Waals surface area contributed by atoms with Gasteiger partial charge in [-0.25, -0.2) is 23.8 Å². The van der Waals surface area contributed by atoms with Crippen molar-refractivity contribution in [3.8, 4) is 28.2 Å². The lowest BCUT2D eigenvalue weighted by Gasteiger charge is -2.52. The number of aromatic carboxylic acids is 2. The average Bonchev–Trinajstić information content (AvgIpc) is 3.04. The molecule has 4 aromatic rings. The molecule has 226 valence electrons. The van der Waals surface area contributed by atoms with Crippen molar-refractivity contribution >= 4 is 22.9 Å². The molecule has 3 N–H and O–H groups in total. The van der Waals surface area contributed by atoms with Crippen LogP contribution in [-0.4, -0.2) is 27.3 Å². The third-order valence-corrected chi connectivity index (χ3v) is 9.02. The summed E-state index contributed by atoms with van der Waals surface area (Å²) in [6.07, 6.45) is 0. The van der Waals surface area contributed by atoms with Crippen LogP contribution in [0.5, 0.6) is 5.75 Å². The minimum atomic E-state index is -1.54. The van der Waals surface area contributed by atoms with Crippen LogP contribution in [0, 0.1) is 5.82 Å². The summed E-state index contributed by atoms with van der Waals surface area (Å²) in [5.74, 6) is -4.45. The van der Waals surface area contributed by atoms with Crippen LogP contribution in [0.3, 0.4) is 0 Å². The topological polar surface area (TPSA) is 144 Å². The molecule has 0 saturated carbocycles. The highest BCUT2D eigenvalue weighted by Crippen LogP contribution is 2.60. The highest BCUT2D eigenvalue weighted by Gasteiger charge is 2.58. The van der Waals surface area contributed by atoms with E-state index < -0.39 is 34.4 Å². The van der Waals surface area contributed by atoms with Gasteiger partial charge in [0.05, 0.1) is 11.1 Å². The Morgan fingerprint density at radius 2 is 1.30 bits per heavy atom. The average molecular weight is 617 g/mol. The maximum absolute atomic E-state index is 14.9. The first kappa shape index (κ1) is 27.7. The van der Waals surface area contributed by atoms with Crippen LogP contribution in [0.2, 0.25) is 0 Å². The summed E-state index contributed by atoms with van der Waals surface area (Å²) < 4.78 is 20.9. The van der Waals surface area contributed by atoms with Gasteiger partial charge >= 0.3 is 11.9 Å². The van der Waals surface area contributed by atoms with E-state index in [0.717, 1.165) is 23.3 Å². The molecule has 0 atom stereocenters. The van der Waals surface area contributed by atoms with Crippen molar-refractivity contribution in [3.63, 3.8) is 0 Å². The second kappa shape index (κ2) is 9.33. The number of phenolic OH excluding ortho intramolecular Hbond substituents is 1. The molecule has 0 unspecified atom stereocenters. The molecule has 9 nitrogen and oxygen atoms in total. The summed E-state index contributed by atoms with van der Waals surface area (Å²) in [7, 11) is 0. The number of carbonyl (C=O) groups is 2. The first-order valence-electron chi connectivity index (χ1n) is 14.2. The molecule has 10 heteroatoms. The predicted octanol–water partition coefficient (Wildman–Crippen LogP) is 6.64. The van der Waals surface area contributed by atoms with E-state index in [0.29, 0.717) is 11.1 Å². The Labute approximate surface area is 258 Å². The number of aromatic hydroxyl groups is 1. The van der Waals surface area contributed by atoms with E-state index in [-0.39, 0.29) is 55.9 Å². The minimum Gasteiger partial charge on any atom is -0.507 e. The quantitative estimate of drug-likeness (QED) is 0.147. The highest BCUT2D eigenvalue weighted by molar-refractivity contribution is 6.13. The molecule has 2 aliphatic carbocycles. The van der Waals surface area contributed by atoms with Gasteiger partial charge in [-0.05, 0) is 42.3 Å². The molecule has 0 aromatic heterocycles. The Kier molecular flexibility index (Phi) is 5.62. The Hall–Kier alpha value is -5.84. The van der Waals surface area contributed by atoms with Crippen LogP contribution in [0.1, 0.15) is 55.5 Å². The van der Waals surface area contributed by atoms with E-state index in [4.69, 9.17) is 14.2 Å². The van der Waals surface area contributed by atoms with Gasteiger partial charge in [-0.3, -0.25) is 4.79 Å². The van der Waals surface area contributed by atoms with Crippen molar-refractivity contribution in [2.24, 2.45) is 0 Å². The molecule has 0 spiro atoms. The molecule has 2 bridgehead atoms. The lowest BCUT2D eigenvalue weighted by atomic mass is 9.64. The Balaban J connectivity index is 1.57. The SMILES string of the molecule is CC12OOC(c3cc4c(-c5c(C(=O)O)cccc5C(=O)O)c5cc(F)c(=O)cc-5oc4cc3O)(c3ccccc31)c1ccccc12. The third kappa shape index (κ3) is 3.47. The highest BCUT2D eigenvalue weighted by atomic mass is 19.1. The fourth-order valence-corrected chi connectivity index (χ4v) is 7.02. The maximum Gasteiger partial charge on any atom is 0.336 e. The molecule has 0 saturated heterocycles. The number of hydrogen-bond donors (Lipinski definition) is 3. The number of halogens is 1. The van der Waals surface area contributed by atoms with E-state index >= 15 is 0 Å². The van der Waals surface area contributed by atoms with Crippen LogP contribution in [0.25, 0.3) is 33.4 Å². The zero-order valence-corrected chi connectivity index (χ0v) is 23.8. The van der Waals surface area contributed by atoms with E-state index in [1.54, 1.807) is 0 Å². The van der Waals surface area contributed by atoms with Crippen molar-refractivity contribution in [1.82, 2.24) is 0 Å². The number of fused-ring (bicyclic) bond motifs is 3. The number of hydrogen-bond acceptors (Lipinski definition) is 7. The Morgan fingerprint density at radius 1 is 0.717 bits per heavy atom. The maximum atomic E-state index is 14.9. The van der Waals surface area contributed by atoms with E-state index in [2.05, 4.69) is 0 Å². The molecule has 46 heavy (non-hydrogen) atoms. The van der Waals surface area contributed by atoms with Gasteiger partial charge in [0, 0.05) is 50.9 Å². The fourth-order valence-electron chi connectivity index (χ4n) is 7.02. The molecular weight excluding hydrogens is 595 g/mol. The molecule has 3 aliphatic heterocycles. The first-order chi connectivity index (χ1) is 22.1. The standard InChI is InChI=1S/C36H21FO9/c1-35-21-9-2-4-11-23(21)36(46-45-35,24-12-5-3-10-22(24)35)25-13-19-29(15-27(25)38)44-30-16-28(39)26(37)14-20(30)32(19)31-17(33(40)41)7-6-8-18(31)34(42)43/h2-16,38H,1H3,(H,40,41)(H,42,43). The lowest BCUT2D eigenvalue weighted by molar-refractivity contribution is -0.415. The normalized spacial score (nSPS) is 19.6. The second-order valence-electron chi connectivity index (χ2n) is 11.4. The van der Waals surface area contributed by atoms with E-state index in [1.807, 2.05) is 55.5 Å². The number of carboxylic acid groups (broad SMARTS) is 2. The Morgan fingerprint density at radius 3 is 1.89 bits per heavy atom. The van der Waals surface area contributed by atoms with Gasteiger partial charge < -0.3 is 19.7 Å². The number of rotatable bonds is 4. The van der Waals surface area contributed by atoms with E-state index in [1.165, 1.54) is 30.3 Å². The zero-order chi connectivity index (χ0) is 32.1. The van der Waals surface area contributed by atoms with Gasteiger partial charge in [0.2, 0.25) is 5.43 Å². The van der Waals surface area contributed by atoms with Crippen molar-refractivity contribution in [2.75, 3.05) is 0 Å². The molecule has 9 rings (SSSR count). The van der Waals surface area contributed by atoms with Gasteiger partial charge in [-0.1, -0.05) is 54.6 Å². The fraction of sp³-hybridized carbons (Fsp3) is 0.0833. The van der Waals surface area contributed by atoms with Crippen LogP contribution in [0.4, 0.5) is 4.39 Å². The van der Waals surface area contributed by atoms with Crippen LogP contribution in [-0.2, 0) is 21.0 Å². The zero-order valence-electron chi connectivity index (χ0n) is 23.8. The predicted molar refractivity (Wildman–Crippen MR) is 161 cm³/mol. The molecule has 0 fully saturated rings. The first-order valence-corrected chi connectivity index (χ1v) is 14.2. The monoisotopic (exact) mass is 616 g/mol. The van der Waals surface area contributed by atoms with Gasteiger partial charge in [-0.15, -0.1) is 0 Å². The smallest absolute Gasteiger partial charge is 0.336 e. The van der Waals surface area contributed by atoms with Crippen molar-refractivity contribution in [1.29, 1.82) is 0 Å². The third-order valence-electron chi connectivity index (χ3n) is 9.02. The number of benzene rings is 5. The number of phenols is 1. The minimum absolute atomic E-state index is 0.0258. The van der Waals surface area contributed by atoms with Crippen LogP contribution in [0.15, 0.2) is 100 Å². The van der Waals surface area contributed by atoms with Gasteiger partial charge in [0.1, 0.15) is 17.1 Å². The summed E-state index contributed by atoms with van der Waals surface area (Å²) in [5.41, 5.74) is -1.50. The van der Waals surface area contributed by atoms with Crippen molar-refractivity contribution < 1.29 is 43.5 Å². The largest absolute Gasteiger partial charge is 0.507 e. The van der Waals surface area contributed by atoms with Crippen molar-refractivity contribution in [2.45, 2.75) is 18.1 Å². The molecule has 3 heterocycles. The van der Waals surface area contributed by atoms with Gasteiger partial charge in [0.15, 0.2) is 17.0 Å². The second-order valence-corrected chi connectivity index (χ2v) is 11.4. The van der Waals surface area contributed by atoms with Gasteiger partial charge in [-0.2, -0.15) is 0 Å². The summed E-state index contributed by atoms with van der Waals surface area (Å²) >= 11 is 0. The molecule has 4 aromatic carbocycles. The van der Waals surface area contributed by atoms with E-state index in [9.17, 15) is 34.1 Å². The summed E-state index contributed by atoms with van der Waals surface area (Å²) in [6.45, 7) is 1.88. The molecular formula is C36H21FO9. The Bertz CT molecular complexity index is 2280. The van der Waals surface area contributed by atoms with Crippen LogP contribution >= 0.6 is 0 Å². The summed E-state index contributed by atoms with van der Waals surface area (Å²) in [6, 6.07) is 23.2. The molecule has 0 amide bonds. The summed E-state index contributed by atoms with van der Waals surface area (Å²) in [4.78, 5) is 49.7. The molecule has 0 radical (unpaired) electrons. The van der Waals surface area contributed by atoms with Crippen molar-refractivity contribution in [3.05, 3.63) is 146 Å². The lowest BCUT2D eigenvalue weighted by Crippen LogP contribution is -2.51. The molecule has 5 aliphatic rings. The van der Waals surface area contributed by atoms with Gasteiger partial charge in [0.25, 0.3) is 0 Å². The number of carboxylic acids is 2. The van der Waals surface area contributed by atoms with Crippen LogP contribution < -0.4 is 5.43 Å².